The van der Waals surface area contributed by atoms with E-state index in [0.717, 1.165) is 22.6 Å². The fraction of sp³-hybridized carbons (Fsp3) is 0.185. The summed E-state index contributed by atoms with van der Waals surface area (Å²) < 4.78 is 0. The zero-order valence-electron chi connectivity index (χ0n) is 17.3. The lowest BCUT2D eigenvalue weighted by molar-refractivity contribution is 0.660. The van der Waals surface area contributed by atoms with Gasteiger partial charge in [-0.15, -0.1) is 0 Å². The Kier molecular flexibility index (Phi) is 3.92. The summed E-state index contributed by atoms with van der Waals surface area (Å²) in [5, 5.41) is 0. The number of fused-ring (bicyclic) bond motifs is 3. The molecule has 0 amide bonds. The molecule has 4 aromatic rings. The van der Waals surface area contributed by atoms with E-state index in [4.69, 9.17) is 0 Å². The predicted octanol–water partition coefficient (Wildman–Crippen LogP) is 6.73. The summed E-state index contributed by atoms with van der Waals surface area (Å²) in [5.74, 6) is 0. The van der Waals surface area contributed by atoms with Gasteiger partial charge in [-0.1, -0.05) is 68.4 Å². The Hall–Kier alpha value is -3.26. The van der Waals surface area contributed by atoms with E-state index in [1.807, 2.05) is 20.0 Å². The molecule has 0 spiro atoms. The van der Waals surface area contributed by atoms with E-state index in [1.54, 1.807) is 0 Å². The molecule has 0 aliphatic heterocycles. The van der Waals surface area contributed by atoms with Gasteiger partial charge >= 0.3 is 0 Å². The predicted molar refractivity (Wildman–Crippen MR) is 120 cm³/mol. The molecule has 0 saturated heterocycles. The van der Waals surface area contributed by atoms with Crippen LogP contribution in [0.25, 0.3) is 33.5 Å². The van der Waals surface area contributed by atoms with Gasteiger partial charge in [0.1, 0.15) is 0 Å². The quantitative estimate of drug-likeness (QED) is 0.387. The molecule has 0 N–H and O–H groups in total. The van der Waals surface area contributed by atoms with E-state index < -0.39 is 0 Å². The minimum absolute atomic E-state index is 0.0426. The smallest absolute Gasteiger partial charge is 0.0914 e. The molecule has 0 radical (unpaired) electrons. The second kappa shape index (κ2) is 6.38. The standard InChI is InChI=1S/C27H24N2/c1-17-16-28-26(18(2)29-17)21-9-7-8-19(14-21)20-12-13-25-23(15-20)22-10-5-6-11-24(22)27(25,3)4/h5-16H,1-4H3. The lowest BCUT2D eigenvalue weighted by atomic mass is 9.82. The van der Waals surface area contributed by atoms with Crippen molar-refractivity contribution < 1.29 is 0 Å². The highest BCUT2D eigenvalue weighted by atomic mass is 14.8. The molecule has 1 heterocycles. The molecule has 29 heavy (non-hydrogen) atoms. The van der Waals surface area contributed by atoms with Gasteiger partial charge in [0.25, 0.3) is 0 Å². The second-order valence-electron chi connectivity index (χ2n) is 8.46. The molecular formula is C27H24N2. The first-order valence-corrected chi connectivity index (χ1v) is 10.1. The Balaban J connectivity index is 1.63. The summed E-state index contributed by atoms with van der Waals surface area (Å²) in [6, 6.07) is 24.3. The lowest BCUT2D eigenvalue weighted by Gasteiger charge is -2.21. The Morgan fingerprint density at radius 2 is 1.41 bits per heavy atom. The van der Waals surface area contributed by atoms with E-state index in [2.05, 4.69) is 90.5 Å². The summed E-state index contributed by atoms with van der Waals surface area (Å²) in [6.07, 6.45) is 1.84. The van der Waals surface area contributed by atoms with E-state index in [9.17, 15) is 0 Å². The van der Waals surface area contributed by atoms with Crippen molar-refractivity contribution in [1.29, 1.82) is 0 Å². The Bertz CT molecular complexity index is 1250. The number of rotatable bonds is 2. The maximum atomic E-state index is 4.63. The number of nitrogens with zero attached hydrogens (tertiary/aromatic N) is 2. The van der Waals surface area contributed by atoms with Gasteiger partial charge in [0.2, 0.25) is 0 Å². The van der Waals surface area contributed by atoms with Crippen molar-refractivity contribution in [3.8, 4) is 33.5 Å². The van der Waals surface area contributed by atoms with E-state index >= 15 is 0 Å². The van der Waals surface area contributed by atoms with E-state index in [-0.39, 0.29) is 5.41 Å². The lowest BCUT2D eigenvalue weighted by Crippen LogP contribution is -2.14. The van der Waals surface area contributed by atoms with Crippen LogP contribution in [0, 0.1) is 13.8 Å². The number of hydrogen-bond acceptors (Lipinski definition) is 2. The number of hydrogen-bond donors (Lipinski definition) is 0. The van der Waals surface area contributed by atoms with Crippen LogP contribution in [0.3, 0.4) is 0 Å². The molecule has 0 fully saturated rings. The fourth-order valence-electron chi connectivity index (χ4n) is 4.63. The molecule has 2 heteroatoms. The SMILES string of the molecule is Cc1cnc(-c2cccc(-c3ccc4c(c3)-c3ccccc3C4(C)C)c2)c(C)n1. The van der Waals surface area contributed by atoms with Crippen LogP contribution < -0.4 is 0 Å². The van der Waals surface area contributed by atoms with Crippen LogP contribution in [0.5, 0.6) is 0 Å². The molecule has 0 atom stereocenters. The molecule has 2 nitrogen and oxygen atoms in total. The summed E-state index contributed by atoms with van der Waals surface area (Å²) in [4.78, 5) is 9.21. The summed E-state index contributed by atoms with van der Waals surface area (Å²) in [7, 11) is 0. The molecular weight excluding hydrogens is 352 g/mol. The van der Waals surface area contributed by atoms with E-state index in [0.29, 0.717) is 0 Å². The van der Waals surface area contributed by atoms with Gasteiger partial charge in [-0.25, -0.2) is 0 Å². The van der Waals surface area contributed by atoms with Crippen molar-refractivity contribution in [1.82, 2.24) is 9.97 Å². The zero-order chi connectivity index (χ0) is 20.2. The average molecular weight is 377 g/mol. The van der Waals surface area contributed by atoms with Gasteiger partial charge in [-0.2, -0.15) is 0 Å². The molecule has 1 aliphatic carbocycles. The first kappa shape index (κ1) is 17.8. The topological polar surface area (TPSA) is 25.8 Å². The highest BCUT2D eigenvalue weighted by Gasteiger charge is 2.35. The minimum Gasteiger partial charge on any atom is -0.255 e. The van der Waals surface area contributed by atoms with Crippen molar-refractivity contribution >= 4 is 0 Å². The van der Waals surface area contributed by atoms with Crippen LogP contribution >= 0.6 is 0 Å². The zero-order valence-corrected chi connectivity index (χ0v) is 17.3. The summed E-state index contributed by atoms with van der Waals surface area (Å²) >= 11 is 0. The van der Waals surface area contributed by atoms with Crippen molar-refractivity contribution in [2.75, 3.05) is 0 Å². The fourth-order valence-corrected chi connectivity index (χ4v) is 4.63. The Morgan fingerprint density at radius 1 is 0.690 bits per heavy atom. The molecule has 0 unspecified atom stereocenters. The minimum atomic E-state index is 0.0426. The molecule has 0 bridgehead atoms. The molecule has 5 rings (SSSR count). The maximum Gasteiger partial charge on any atom is 0.0914 e. The first-order valence-electron chi connectivity index (χ1n) is 10.1. The van der Waals surface area contributed by atoms with Crippen molar-refractivity contribution in [3.05, 3.63) is 95.4 Å². The van der Waals surface area contributed by atoms with Crippen molar-refractivity contribution in [2.24, 2.45) is 0 Å². The highest BCUT2D eigenvalue weighted by Crippen LogP contribution is 2.49. The van der Waals surface area contributed by atoms with Gasteiger partial charge in [0, 0.05) is 17.2 Å². The normalized spacial score (nSPS) is 13.8. The van der Waals surface area contributed by atoms with Crippen LogP contribution in [0.4, 0.5) is 0 Å². The third kappa shape index (κ3) is 2.79. The van der Waals surface area contributed by atoms with Crippen molar-refractivity contribution in [3.63, 3.8) is 0 Å². The second-order valence-corrected chi connectivity index (χ2v) is 8.46. The van der Waals surface area contributed by atoms with Gasteiger partial charge in [0.15, 0.2) is 0 Å². The molecule has 1 aromatic heterocycles. The van der Waals surface area contributed by atoms with Crippen LogP contribution in [0.1, 0.15) is 36.4 Å². The summed E-state index contributed by atoms with van der Waals surface area (Å²) in [5.41, 5.74) is 12.0. The number of benzene rings is 3. The van der Waals surface area contributed by atoms with E-state index in [1.165, 1.54) is 33.4 Å². The van der Waals surface area contributed by atoms with Crippen molar-refractivity contribution in [2.45, 2.75) is 33.1 Å². The van der Waals surface area contributed by atoms with Gasteiger partial charge in [0.05, 0.1) is 17.1 Å². The van der Waals surface area contributed by atoms with Crippen LogP contribution in [-0.4, -0.2) is 9.97 Å². The van der Waals surface area contributed by atoms with Crippen LogP contribution in [0.15, 0.2) is 72.9 Å². The molecule has 0 saturated carbocycles. The Morgan fingerprint density at radius 3 is 2.24 bits per heavy atom. The maximum absolute atomic E-state index is 4.63. The highest BCUT2D eigenvalue weighted by molar-refractivity contribution is 5.85. The third-order valence-electron chi connectivity index (χ3n) is 6.12. The number of aryl methyl sites for hydroxylation is 2. The largest absolute Gasteiger partial charge is 0.255 e. The van der Waals surface area contributed by atoms with Crippen LogP contribution in [0.2, 0.25) is 0 Å². The van der Waals surface area contributed by atoms with Gasteiger partial charge < -0.3 is 0 Å². The van der Waals surface area contributed by atoms with Gasteiger partial charge in [-0.05, 0) is 59.4 Å². The first-order chi connectivity index (χ1) is 13.9. The molecule has 3 aromatic carbocycles. The summed E-state index contributed by atoms with van der Waals surface area (Å²) in [6.45, 7) is 8.63. The molecule has 142 valence electrons. The van der Waals surface area contributed by atoms with Crippen LogP contribution in [-0.2, 0) is 5.41 Å². The third-order valence-corrected chi connectivity index (χ3v) is 6.12. The molecule has 1 aliphatic rings. The van der Waals surface area contributed by atoms with Gasteiger partial charge in [-0.3, -0.25) is 9.97 Å². The average Bonchev–Trinajstić information content (AvgIpc) is 2.95. The Labute approximate surface area is 172 Å². The number of aromatic nitrogens is 2. The monoisotopic (exact) mass is 376 g/mol.